The van der Waals surface area contributed by atoms with Crippen molar-refractivity contribution < 1.29 is 0 Å². The molecule has 0 amide bonds. The van der Waals surface area contributed by atoms with Crippen molar-refractivity contribution in [3.8, 4) is 0 Å². The van der Waals surface area contributed by atoms with Crippen LogP contribution >= 0.6 is 0 Å². The van der Waals surface area contributed by atoms with E-state index in [2.05, 4.69) is 18.1 Å². The van der Waals surface area contributed by atoms with Crippen LogP contribution in [0, 0.1) is 0 Å². The van der Waals surface area contributed by atoms with E-state index in [0.717, 1.165) is 0 Å². The molecule has 0 saturated carbocycles. The average Bonchev–Trinajstić information content (AvgIpc) is 2.44. The van der Waals surface area contributed by atoms with Crippen molar-refractivity contribution in [1.82, 2.24) is 4.98 Å². The lowest BCUT2D eigenvalue weighted by molar-refractivity contribution is 1.33. The Morgan fingerprint density at radius 3 is 1.00 bits per heavy atom. The molecule has 0 unspecified atom stereocenters. The van der Waals surface area contributed by atoms with Gasteiger partial charge < -0.3 is 0 Å². The van der Waals surface area contributed by atoms with Crippen molar-refractivity contribution >= 4 is 0 Å². The van der Waals surface area contributed by atoms with Crippen LogP contribution in [0.15, 0.2) is 92.3 Å². The highest BCUT2D eigenvalue weighted by Crippen LogP contribution is 1.79. The first-order valence-electron chi connectivity index (χ1n) is 5.00. The zero-order valence-electron chi connectivity index (χ0n) is 9.37. The number of nitrogens with zero attached hydrogens (tertiary/aromatic N) is 1. The Hall–Kier alpha value is -2.15. The molecule has 0 bridgehead atoms. The van der Waals surface area contributed by atoms with E-state index in [9.17, 15) is 0 Å². The van der Waals surface area contributed by atoms with Crippen molar-refractivity contribution in [2.45, 2.75) is 0 Å². The second kappa shape index (κ2) is 12.8. The summed E-state index contributed by atoms with van der Waals surface area (Å²) >= 11 is 0. The SMILES string of the molecule is C=CC=C.c1ccccc1.c1ccncc1. The molecule has 2 aromatic rings. The van der Waals surface area contributed by atoms with Crippen LogP contribution in [0.5, 0.6) is 0 Å². The molecule has 0 atom stereocenters. The lowest BCUT2D eigenvalue weighted by atomic mass is 10.4. The van der Waals surface area contributed by atoms with Gasteiger partial charge >= 0.3 is 0 Å². The molecule has 1 aromatic carbocycles. The molecule has 0 fully saturated rings. The fourth-order valence-electron chi connectivity index (χ4n) is 0.698. The summed E-state index contributed by atoms with van der Waals surface area (Å²) in [6.07, 6.45) is 6.78. The molecule has 1 aromatic heterocycles. The van der Waals surface area contributed by atoms with Crippen LogP contribution in [0.2, 0.25) is 0 Å². The molecule has 0 saturated heterocycles. The summed E-state index contributed by atoms with van der Waals surface area (Å²) in [7, 11) is 0. The Morgan fingerprint density at radius 2 is 0.875 bits per heavy atom. The third kappa shape index (κ3) is 11.8. The van der Waals surface area contributed by atoms with E-state index in [-0.39, 0.29) is 0 Å². The van der Waals surface area contributed by atoms with Gasteiger partial charge in [0.25, 0.3) is 0 Å². The van der Waals surface area contributed by atoms with Crippen LogP contribution in [0.25, 0.3) is 0 Å². The molecular formula is C15H17N. The Morgan fingerprint density at radius 1 is 0.562 bits per heavy atom. The second-order valence-corrected chi connectivity index (χ2v) is 2.65. The predicted molar refractivity (Wildman–Crippen MR) is 71.1 cm³/mol. The normalized spacial score (nSPS) is 7.25. The Kier molecular flexibility index (Phi) is 11.1. The molecule has 0 aliphatic rings. The molecule has 0 N–H and O–H groups in total. The van der Waals surface area contributed by atoms with Crippen LogP contribution < -0.4 is 0 Å². The van der Waals surface area contributed by atoms with E-state index in [1.807, 2.05) is 54.6 Å². The molecular weight excluding hydrogens is 194 g/mol. The quantitative estimate of drug-likeness (QED) is 0.646. The van der Waals surface area contributed by atoms with E-state index >= 15 is 0 Å². The monoisotopic (exact) mass is 211 g/mol. The van der Waals surface area contributed by atoms with Gasteiger partial charge in [-0.05, 0) is 12.1 Å². The van der Waals surface area contributed by atoms with E-state index in [1.54, 1.807) is 24.5 Å². The van der Waals surface area contributed by atoms with Crippen LogP contribution in [0.3, 0.4) is 0 Å². The molecule has 2 rings (SSSR count). The number of benzene rings is 1. The second-order valence-electron chi connectivity index (χ2n) is 2.65. The van der Waals surface area contributed by atoms with Crippen molar-refractivity contribution in [2.24, 2.45) is 0 Å². The first kappa shape index (κ1) is 13.8. The number of pyridine rings is 1. The number of aromatic nitrogens is 1. The van der Waals surface area contributed by atoms with E-state index in [4.69, 9.17) is 0 Å². The maximum atomic E-state index is 3.78. The van der Waals surface area contributed by atoms with Gasteiger partial charge in [0.05, 0.1) is 0 Å². The highest BCUT2D eigenvalue weighted by Gasteiger charge is 1.58. The lowest BCUT2D eigenvalue weighted by Gasteiger charge is -1.70. The first-order chi connectivity index (χ1) is 7.91. The summed E-state index contributed by atoms with van der Waals surface area (Å²) in [5, 5.41) is 0. The minimum Gasteiger partial charge on any atom is -0.265 e. The third-order valence-corrected chi connectivity index (χ3v) is 1.40. The zero-order chi connectivity index (χ0) is 11.9. The van der Waals surface area contributed by atoms with Gasteiger partial charge in [-0.2, -0.15) is 0 Å². The molecule has 1 heterocycles. The van der Waals surface area contributed by atoms with Crippen LogP contribution in [0.1, 0.15) is 0 Å². The van der Waals surface area contributed by atoms with Crippen LogP contribution in [-0.4, -0.2) is 4.98 Å². The first-order valence-corrected chi connectivity index (χ1v) is 5.00. The minimum absolute atomic E-state index is 1.64. The number of hydrogen-bond acceptors (Lipinski definition) is 1. The maximum Gasteiger partial charge on any atom is 0.0267 e. The zero-order valence-corrected chi connectivity index (χ0v) is 9.37. The number of rotatable bonds is 1. The summed E-state index contributed by atoms with van der Waals surface area (Å²) < 4.78 is 0. The van der Waals surface area contributed by atoms with Gasteiger partial charge in [-0.25, -0.2) is 0 Å². The van der Waals surface area contributed by atoms with Gasteiger partial charge in [0.2, 0.25) is 0 Å². The molecule has 16 heavy (non-hydrogen) atoms. The Bertz CT molecular complexity index is 249. The van der Waals surface area contributed by atoms with Crippen molar-refractivity contribution in [3.05, 3.63) is 92.3 Å². The molecule has 82 valence electrons. The van der Waals surface area contributed by atoms with Gasteiger partial charge in [0.15, 0.2) is 0 Å². The summed E-state index contributed by atoms with van der Waals surface area (Å²) in [6.45, 7) is 6.72. The van der Waals surface area contributed by atoms with Gasteiger partial charge in [0, 0.05) is 12.4 Å². The molecule has 0 spiro atoms. The predicted octanol–water partition coefficient (Wildman–Crippen LogP) is 4.13. The van der Waals surface area contributed by atoms with E-state index in [0.29, 0.717) is 0 Å². The van der Waals surface area contributed by atoms with Crippen molar-refractivity contribution in [2.75, 3.05) is 0 Å². The number of allylic oxidation sites excluding steroid dienone is 2. The Balaban J connectivity index is 0.000000217. The van der Waals surface area contributed by atoms with E-state index in [1.165, 1.54) is 0 Å². The fraction of sp³-hybridized carbons (Fsp3) is 0. The number of hydrogen-bond donors (Lipinski definition) is 0. The average molecular weight is 211 g/mol. The lowest BCUT2D eigenvalue weighted by Crippen LogP contribution is -1.58. The van der Waals surface area contributed by atoms with Gasteiger partial charge in [-0.3, -0.25) is 4.98 Å². The highest BCUT2D eigenvalue weighted by atomic mass is 14.6. The smallest absolute Gasteiger partial charge is 0.0267 e. The standard InChI is InChI=1S/C6H6.C5H5N.C4H6/c2*1-2-4-6-5-3-1;1-3-4-2/h1-6H;1-5H;3-4H,1-2H2. The third-order valence-electron chi connectivity index (χ3n) is 1.40. The summed E-state index contributed by atoms with van der Waals surface area (Å²) in [5.41, 5.74) is 0. The molecule has 1 heteroatoms. The minimum atomic E-state index is 1.64. The van der Waals surface area contributed by atoms with Gasteiger partial charge in [0.1, 0.15) is 0 Å². The fourth-order valence-corrected chi connectivity index (χ4v) is 0.698. The molecule has 1 nitrogen and oxygen atoms in total. The largest absolute Gasteiger partial charge is 0.265 e. The summed E-state index contributed by atoms with van der Waals surface area (Å²) in [4.78, 5) is 3.78. The van der Waals surface area contributed by atoms with Crippen molar-refractivity contribution in [3.63, 3.8) is 0 Å². The van der Waals surface area contributed by atoms with Crippen LogP contribution in [-0.2, 0) is 0 Å². The summed E-state index contributed by atoms with van der Waals surface area (Å²) in [5.74, 6) is 0. The van der Waals surface area contributed by atoms with Gasteiger partial charge in [-0.1, -0.05) is 67.8 Å². The molecule has 0 radical (unpaired) electrons. The topological polar surface area (TPSA) is 12.9 Å². The van der Waals surface area contributed by atoms with E-state index < -0.39 is 0 Å². The Labute approximate surface area is 97.8 Å². The van der Waals surface area contributed by atoms with Gasteiger partial charge in [-0.15, -0.1) is 0 Å². The molecule has 0 aliphatic carbocycles. The molecule has 0 aliphatic heterocycles. The summed E-state index contributed by atoms with van der Waals surface area (Å²) in [6, 6.07) is 17.7. The van der Waals surface area contributed by atoms with Crippen LogP contribution in [0.4, 0.5) is 0 Å². The maximum absolute atomic E-state index is 3.78. The van der Waals surface area contributed by atoms with Crippen molar-refractivity contribution in [1.29, 1.82) is 0 Å². The highest BCUT2D eigenvalue weighted by molar-refractivity contribution is 4.99.